The Morgan fingerprint density at radius 3 is 2.48 bits per heavy atom. The molecular formula is C22H20Cl2N2O4S. The van der Waals surface area contributed by atoms with E-state index in [1.165, 1.54) is 25.5 Å². The van der Waals surface area contributed by atoms with Crippen molar-refractivity contribution in [2.45, 2.75) is 18.4 Å². The molecule has 0 heterocycles. The second-order valence-electron chi connectivity index (χ2n) is 6.57. The van der Waals surface area contributed by atoms with Gasteiger partial charge in [0.05, 0.1) is 18.2 Å². The van der Waals surface area contributed by atoms with Crippen molar-refractivity contribution in [3.63, 3.8) is 0 Å². The molecule has 1 N–H and O–H groups in total. The molecule has 0 aliphatic rings. The molecule has 0 aromatic heterocycles. The van der Waals surface area contributed by atoms with Gasteiger partial charge in [-0.15, -0.1) is 0 Å². The molecule has 0 aliphatic carbocycles. The fraction of sp³-hybridized carbons (Fsp3) is 0.136. The van der Waals surface area contributed by atoms with E-state index in [9.17, 15) is 8.42 Å². The zero-order chi connectivity index (χ0) is 22.4. The summed E-state index contributed by atoms with van der Waals surface area (Å²) in [5, 5.41) is 4.89. The summed E-state index contributed by atoms with van der Waals surface area (Å²) in [4.78, 5) is 2.33. The van der Waals surface area contributed by atoms with Gasteiger partial charge in [0.15, 0.2) is 11.5 Å². The lowest BCUT2D eigenvalue weighted by Crippen LogP contribution is -2.18. The fourth-order valence-corrected chi connectivity index (χ4v) is 3.93. The molecule has 0 aliphatic heterocycles. The van der Waals surface area contributed by atoms with Crippen molar-refractivity contribution >= 4 is 39.4 Å². The van der Waals surface area contributed by atoms with Gasteiger partial charge < -0.3 is 9.47 Å². The second kappa shape index (κ2) is 10.0. The molecule has 9 heteroatoms. The summed E-state index contributed by atoms with van der Waals surface area (Å²) in [5.41, 5.74) is 2.22. The number of ether oxygens (including phenoxy) is 2. The first-order valence-electron chi connectivity index (χ1n) is 9.15. The highest BCUT2D eigenvalue weighted by molar-refractivity contribution is 7.89. The maximum absolute atomic E-state index is 12.4. The van der Waals surface area contributed by atoms with Gasteiger partial charge in [0.25, 0.3) is 10.0 Å². The van der Waals surface area contributed by atoms with Crippen molar-refractivity contribution in [3.8, 4) is 11.5 Å². The molecule has 6 nitrogen and oxygen atoms in total. The third kappa shape index (κ3) is 5.91. The van der Waals surface area contributed by atoms with Crippen LogP contribution in [-0.4, -0.2) is 21.7 Å². The van der Waals surface area contributed by atoms with Gasteiger partial charge in [-0.3, -0.25) is 0 Å². The zero-order valence-corrected chi connectivity index (χ0v) is 19.1. The van der Waals surface area contributed by atoms with Gasteiger partial charge in [0.1, 0.15) is 6.61 Å². The molecule has 3 rings (SSSR count). The molecule has 0 unspecified atom stereocenters. The van der Waals surface area contributed by atoms with Gasteiger partial charge in [0.2, 0.25) is 0 Å². The highest BCUT2D eigenvalue weighted by atomic mass is 35.5. The zero-order valence-electron chi connectivity index (χ0n) is 16.8. The quantitative estimate of drug-likeness (QED) is 0.356. The minimum Gasteiger partial charge on any atom is -0.493 e. The highest BCUT2D eigenvalue weighted by Crippen LogP contribution is 2.32. The van der Waals surface area contributed by atoms with Gasteiger partial charge in [-0.05, 0) is 43.3 Å². The van der Waals surface area contributed by atoms with E-state index in [4.69, 9.17) is 32.7 Å². The van der Waals surface area contributed by atoms with Crippen molar-refractivity contribution in [1.82, 2.24) is 4.83 Å². The van der Waals surface area contributed by atoms with E-state index in [0.29, 0.717) is 27.1 Å². The first-order valence-corrected chi connectivity index (χ1v) is 11.4. The van der Waals surface area contributed by atoms with Crippen molar-refractivity contribution < 1.29 is 17.9 Å². The molecule has 0 spiro atoms. The van der Waals surface area contributed by atoms with Crippen LogP contribution in [0.25, 0.3) is 0 Å². The average Bonchev–Trinajstić information content (AvgIpc) is 2.73. The number of nitrogens with zero attached hydrogens (tertiary/aromatic N) is 1. The van der Waals surface area contributed by atoms with Crippen LogP contribution in [0, 0.1) is 6.92 Å². The smallest absolute Gasteiger partial charge is 0.276 e. The number of aryl methyl sites for hydroxylation is 1. The Balaban J connectivity index is 1.80. The van der Waals surface area contributed by atoms with E-state index in [1.54, 1.807) is 48.5 Å². The number of benzene rings is 3. The Morgan fingerprint density at radius 1 is 1.06 bits per heavy atom. The standard InChI is InChI=1S/C22H20Cl2N2O4S/c1-15-6-10-19(11-7-15)31(27,28)26-25-13-16-4-3-5-21(29-2)22(16)30-14-17-8-9-18(23)12-20(17)24/h3-13,26H,14H2,1-2H3/b25-13-. The highest BCUT2D eigenvalue weighted by Gasteiger charge is 2.14. The molecular weight excluding hydrogens is 459 g/mol. The largest absolute Gasteiger partial charge is 0.493 e. The van der Waals surface area contributed by atoms with Crippen LogP contribution >= 0.6 is 23.2 Å². The van der Waals surface area contributed by atoms with Gasteiger partial charge in [0, 0.05) is 21.2 Å². The molecule has 0 saturated carbocycles. The van der Waals surface area contributed by atoms with Gasteiger partial charge in [-0.2, -0.15) is 13.5 Å². The van der Waals surface area contributed by atoms with Crippen LogP contribution in [0.3, 0.4) is 0 Å². The number of hydrogen-bond acceptors (Lipinski definition) is 5. The normalized spacial score (nSPS) is 11.5. The number of nitrogens with one attached hydrogen (secondary N) is 1. The minimum absolute atomic E-state index is 0.120. The maximum atomic E-state index is 12.4. The van der Waals surface area contributed by atoms with Crippen LogP contribution in [0.15, 0.2) is 70.7 Å². The first-order chi connectivity index (χ1) is 14.8. The Kier molecular flexibility index (Phi) is 7.43. The van der Waals surface area contributed by atoms with E-state index in [-0.39, 0.29) is 11.5 Å². The van der Waals surface area contributed by atoms with Crippen molar-refractivity contribution in [3.05, 3.63) is 87.4 Å². The van der Waals surface area contributed by atoms with Crippen LogP contribution in [0.2, 0.25) is 10.0 Å². The average molecular weight is 479 g/mol. The van der Waals surface area contributed by atoms with Crippen molar-refractivity contribution in [2.75, 3.05) is 7.11 Å². The Hall–Kier alpha value is -2.74. The number of hydrogen-bond donors (Lipinski definition) is 1. The second-order valence-corrected chi connectivity index (χ2v) is 9.07. The summed E-state index contributed by atoms with van der Waals surface area (Å²) in [6, 6.07) is 16.8. The number of rotatable bonds is 8. The van der Waals surface area contributed by atoms with Crippen molar-refractivity contribution in [2.24, 2.45) is 5.10 Å². The van der Waals surface area contributed by atoms with E-state index in [0.717, 1.165) is 11.1 Å². The Labute approximate surface area is 191 Å². The summed E-state index contributed by atoms with van der Waals surface area (Å²) >= 11 is 12.1. The van der Waals surface area contributed by atoms with Crippen molar-refractivity contribution in [1.29, 1.82) is 0 Å². The molecule has 0 bridgehead atoms. The lowest BCUT2D eigenvalue weighted by Gasteiger charge is -2.14. The maximum Gasteiger partial charge on any atom is 0.276 e. The molecule has 31 heavy (non-hydrogen) atoms. The molecule has 3 aromatic rings. The van der Waals surface area contributed by atoms with E-state index < -0.39 is 10.0 Å². The van der Waals surface area contributed by atoms with Gasteiger partial charge in [-0.25, -0.2) is 4.83 Å². The molecule has 0 radical (unpaired) electrons. The first kappa shape index (κ1) is 22.9. The summed E-state index contributed by atoms with van der Waals surface area (Å²) in [5.74, 6) is 0.865. The predicted octanol–water partition coefficient (Wildman–Crippen LogP) is 5.20. The number of para-hydroxylation sites is 1. The van der Waals surface area contributed by atoms with Gasteiger partial charge >= 0.3 is 0 Å². The number of methoxy groups -OCH3 is 1. The number of sulfonamides is 1. The molecule has 0 fully saturated rings. The lowest BCUT2D eigenvalue weighted by molar-refractivity contribution is 0.284. The summed E-state index contributed by atoms with van der Waals surface area (Å²) < 4.78 is 36.1. The van der Waals surface area contributed by atoms with Crippen LogP contribution in [0.4, 0.5) is 0 Å². The monoisotopic (exact) mass is 478 g/mol. The van der Waals surface area contributed by atoms with E-state index in [2.05, 4.69) is 9.93 Å². The molecule has 0 saturated heterocycles. The minimum atomic E-state index is -3.79. The van der Waals surface area contributed by atoms with E-state index in [1.807, 2.05) is 6.92 Å². The fourth-order valence-electron chi connectivity index (χ4n) is 2.67. The SMILES string of the molecule is COc1cccc(/C=N\NS(=O)(=O)c2ccc(C)cc2)c1OCc1ccc(Cl)cc1Cl. The molecule has 162 valence electrons. The predicted molar refractivity (Wildman–Crippen MR) is 123 cm³/mol. The summed E-state index contributed by atoms with van der Waals surface area (Å²) in [6.45, 7) is 2.04. The van der Waals surface area contributed by atoms with Crippen LogP contribution in [0.5, 0.6) is 11.5 Å². The van der Waals surface area contributed by atoms with Gasteiger partial charge in [-0.1, -0.05) is 53.0 Å². The number of halogens is 2. The van der Waals surface area contributed by atoms with Crippen LogP contribution in [-0.2, 0) is 16.6 Å². The Morgan fingerprint density at radius 2 is 1.81 bits per heavy atom. The van der Waals surface area contributed by atoms with Crippen LogP contribution in [0.1, 0.15) is 16.7 Å². The van der Waals surface area contributed by atoms with E-state index >= 15 is 0 Å². The molecule has 0 atom stereocenters. The summed E-state index contributed by atoms with van der Waals surface area (Å²) in [7, 11) is -2.28. The third-order valence-electron chi connectivity index (χ3n) is 4.32. The third-order valence-corrected chi connectivity index (χ3v) is 6.15. The molecule has 3 aromatic carbocycles. The summed E-state index contributed by atoms with van der Waals surface area (Å²) in [6.07, 6.45) is 1.35. The Bertz CT molecular complexity index is 1200. The number of hydrazone groups is 1. The molecule has 0 amide bonds. The van der Waals surface area contributed by atoms with Crippen LogP contribution < -0.4 is 14.3 Å². The topological polar surface area (TPSA) is 77.0 Å². The lowest BCUT2D eigenvalue weighted by atomic mass is 10.2.